The number of sulfonamides is 1. The smallest absolute Gasteiger partial charge is 0.252 e. The minimum absolute atomic E-state index is 0.219. The van der Waals surface area contributed by atoms with Crippen LogP contribution in [-0.2, 0) is 14.8 Å². The number of rotatable bonds is 6. The molecule has 0 aliphatic carbocycles. The van der Waals surface area contributed by atoms with Crippen LogP contribution >= 0.6 is 11.3 Å². The number of nitrogens with zero attached hydrogens (tertiary/aromatic N) is 2. The maximum Gasteiger partial charge on any atom is 0.252 e. The summed E-state index contributed by atoms with van der Waals surface area (Å²) < 4.78 is 32.7. The van der Waals surface area contributed by atoms with Crippen molar-refractivity contribution in [1.82, 2.24) is 9.21 Å². The van der Waals surface area contributed by atoms with Gasteiger partial charge in [0.05, 0.1) is 0 Å². The molecule has 2 unspecified atom stereocenters. The van der Waals surface area contributed by atoms with Crippen LogP contribution in [0.2, 0.25) is 0 Å². The third-order valence-electron chi connectivity index (χ3n) is 4.14. The van der Waals surface area contributed by atoms with Crippen molar-refractivity contribution in [2.45, 2.75) is 43.5 Å². The highest BCUT2D eigenvalue weighted by Gasteiger charge is 2.36. The number of thiophene rings is 1. The van der Waals surface area contributed by atoms with E-state index < -0.39 is 10.0 Å². The molecule has 0 N–H and O–H groups in total. The summed E-state index contributed by atoms with van der Waals surface area (Å²) in [5, 5.41) is 0. The van der Waals surface area contributed by atoms with Gasteiger partial charge in [-0.1, -0.05) is 0 Å². The van der Waals surface area contributed by atoms with Gasteiger partial charge in [0.25, 0.3) is 10.0 Å². The van der Waals surface area contributed by atoms with Crippen LogP contribution in [0.4, 0.5) is 0 Å². The summed E-state index contributed by atoms with van der Waals surface area (Å²) in [4.78, 5) is 3.41. The molecule has 0 spiro atoms. The van der Waals surface area contributed by atoms with Crippen molar-refractivity contribution in [3.05, 3.63) is 17.0 Å². The highest BCUT2D eigenvalue weighted by atomic mass is 32.2. The van der Waals surface area contributed by atoms with Crippen molar-refractivity contribution >= 4 is 21.4 Å². The van der Waals surface area contributed by atoms with Crippen LogP contribution in [0.1, 0.15) is 25.1 Å². The topological polar surface area (TPSA) is 49.9 Å². The molecule has 0 saturated carbocycles. The van der Waals surface area contributed by atoms with Gasteiger partial charge >= 0.3 is 0 Å². The molecule has 7 heteroatoms. The fraction of sp³-hybridized carbons (Fsp3) is 0.733. The molecule has 1 aromatic heterocycles. The zero-order valence-electron chi connectivity index (χ0n) is 13.8. The number of hydrogen-bond acceptors (Lipinski definition) is 5. The number of hydrogen-bond donors (Lipinski definition) is 0. The van der Waals surface area contributed by atoms with Crippen molar-refractivity contribution < 1.29 is 13.2 Å². The number of ether oxygens (including phenoxy) is 1. The molecule has 1 aliphatic heterocycles. The molecule has 126 valence electrons. The second kappa shape index (κ2) is 7.40. The Bertz CT molecular complexity index is 573. The van der Waals surface area contributed by atoms with E-state index >= 15 is 0 Å². The van der Waals surface area contributed by atoms with E-state index in [4.69, 9.17) is 4.74 Å². The molecule has 2 atom stereocenters. The maximum absolute atomic E-state index is 12.8. The quantitative estimate of drug-likeness (QED) is 0.741. The first-order chi connectivity index (χ1) is 10.4. The van der Waals surface area contributed by atoms with Crippen LogP contribution < -0.4 is 0 Å². The Kier molecular flexibility index (Phi) is 6.01. The van der Waals surface area contributed by atoms with Crippen LogP contribution in [0, 0.1) is 6.92 Å². The van der Waals surface area contributed by atoms with E-state index in [1.54, 1.807) is 17.5 Å². The summed E-state index contributed by atoms with van der Waals surface area (Å²) in [6, 6.07) is 4.02. The summed E-state index contributed by atoms with van der Waals surface area (Å²) in [6.07, 6.45) is 0.974. The summed E-state index contributed by atoms with van der Waals surface area (Å²) in [5.74, 6) is 0. The van der Waals surface area contributed by atoms with Gasteiger partial charge in [-0.15, -0.1) is 11.3 Å². The minimum atomic E-state index is -3.36. The molecule has 1 aromatic rings. The molecular formula is C15H26N2O3S2. The van der Waals surface area contributed by atoms with Gasteiger partial charge in [0, 0.05) is 50.3 Å². The second-order valence-corrected chi connectivity index (χ2v) is 9.42. The highest BCUT2D eigenvalue weighted by Crippen LogP contribution is 2.27. The lowest BCUT2D eigenvalue weighted by Crippen LogP contribution is -2.58. The van der Waals surface area contributed by atoms with E-state index in [1.807, 2.05) is 13.0 Å². The van der Waals surface area contributed by atoms with Crippen molar-refractivity contribution in [3.63, 3.8) is 0 Å². The first kappa shape index (κ1) is 17.9. The lowest BCUT2D eigenvalue weighted by Gasteiger charge is -2.43. The first-order valence-corrected chi connectivity index (χ1v) is 9.93. The summed E-state index contributed by atoms with van der Waals surface area (Å²) in [6.45, 7) is 8.93. The predicted octanol–water partition coefficient (Wildman–Crippen LogP) is 2.18. The third kappa shape index (κ3) is 3.89. The number of aryl methyl sites for hydroxylation is 1. The van der Waals surface area contributed by atoms with E-state index in [0.29, 0.717) is 17.3 Å². The van der Waals surface area contributed by atoms with E-state index in [9.17, 15) is 8.42 Å². The van der Waals surface area contributed by atoms with Crippen molar-refractivity contribution in [2.75, 3.05) is 33.4 Å². The van der Waals surface area contributed by atoms with Gasteiger partial charge in [-0.25, -0.2) is 8.42 Å². The van der Waals surface area contributed by atoms with Crippen LogP contribution in [0.5, 0.6) is 0 Å². The summed E-state index contributed by atoms with van der Waals surface area (Å²) in [5.41, 5.74) is 0. The minimum Gasteiger partial charge on any atom is -0.385 e. The molecule has 5 nitrogen and oxygen atoms in total. The molecule has 1 fully saturated rings. The summed E-state index contributed by atoms with van der Waals surface area (Å²) in [7, 11) is -1.65. The Hall–Kier alpha value is -0.470. The van der Waals surface area contributed by atoms with Gasteiger partial charge < -0.3 is 4.74 Å². The molecule has 1 aliphatic rings. The Balaban J connectivity index is 2.07. The average molecular weight is 347 g/mol. The molecule has 22 heavy (non-hydrogen) atoms. The van der Waals surface area contributed by atoms with Gasteiger partial charge in [0.2, 0.25) is 0 Å². The van der Waals surface area contributed by atoms with E-state index in [0.717, 1.165) is 24.4 Å². The van der Waals surface area contributed by atoms with E-state index in [-0.39, 0.29) is 12.1 Å². The number of methoxy groups -OCH3 is 1. The zero-order chi connectivity index (χ0) is 16.3. The van der Waals surface area contributed by atoms with Crippen LogP contribution in [-0.4, -0.2) is 63.1 Å². The van der Waals surface area contributed by atoms with Crippen LogP contribution in [0.25, 0.3) is 0 Å². The lowest BCUT2D eigenvalue weighted by molar-refractivity contribution is 0.0666. The second-order valence-electron chi connectivity index (χ2n) is 5.97. The lowest BCUT2D eigenvalue weighted by atomic mass is 10.1. The van der Waals surface area contributed by atoms with E-state index in [1.165, 1.54) is 11.3 Å². The molecule has 2 heterocycles. The first-order valence-electron chi connectivity index (χ1n) is 7.67. The van der Waals surface area contributed by atoms with Crippen molar-refractivity contribution in [2.24, 2.45) is 0 Å². The van der Waals surface area contributed by atoms with Gasteiger partial charge in [-0.2, -0.15) is 4.31 Å². The molecule has 0 radical (unpaired) electrons. The fourth-order valence-corrected chi connectivity index (χ4v) is 6.05. The Morgan fingerprint density at radius 2 is 1.91 bits per heavy atom. The van der Waals surface area contributed by atoms with Gasteiger partial charge in [0.1, 0.15) is 4.21 Å². The molecular weight excluding hydrogens is 320 g/mol. The zero-order valence-corrected chi connectivity index (χ0v) is 15.4. The maximum atomic E-state index is 12.8. The molecule has 1 saturated heterocycles. The fourth-order valence-electron chi connectivity index (χ4n) is 3.01. The standard InChI is InChI=1S/C15H26N2O3S2/c1-12-10-16(11-13(2)17(12)8-5-9-20-4)22(18,19)15-7-6-14(3)21-15/h6-7,12-13H,5,8-11H2,1-4H3. The van der Waals surface area contributed by atoms with Gasteiger partial charge in [-0.3, -0.25) is 4.90 Å². The van der Waals surface area contributed by atoms with Crippen LogP contribution in [0.3, 0.4) is 0 Å². The monoisotopic (exact) mass is 346 g/mol. The van der Waals surface area contributed by atoms with E-state index in [2.05, 4.69) is 18.7 Å². The summed E-state index contributed by atoms with van der Waals surface area (Å²) >= 11 is 1.35. The van der Waals surface area contributed by atoms with Crippen molar-refractivity contribution in [1.29, 1.82) is 0 Å². The largest absolute Gasteiger partial charge is 0.385 e. The predicted molar refractivity (Wildman–Crippen MR) is 89.9 cm³/mol. The average Bonchev–Trinajstić information content (AvgIpc) is 2.89. The molecule has 0 bridgehead atoms. The third-order valence-corrected chi connectivity index (χ3v) is 7.44. The SMILES string of the molecule is COCCCN1C(C)CN(S(=O)(=O)c2ccc(C)s2)CC1C. The van der Waals surface area contributed by atoms with Gasteiger partial charge in [0.15, 0.2) is 0 Å². The Morgan fingerprint density at radius 1 is 1.27 bits per heavy atom. The normalized spacial score (nSPS) is 24.7. The molecule has 2 rings (SSSR count). The molecule has 0 amide bonds. The van der Waals surface area contributed by atoms with Gasteiger partial charge in [-0.05, 0) is 39.3 Å². The Labute approximate surface area is 137 Å². The highest BCUT2D eigenvalue weighted by molar-refractivity contribution is 7.91. The molecule has 0 aromatic carbocycles. The Morgan fingerprint density at radius 3 is 2.41 bits per heavy atom. The van der Waals surface area contributed by atoms with Crippen molar-refractivity contribution in [3.8, 4) is 0 Å². The number of piperazine rings is 1. The van der Waals surface area contributed by atoms with Crippen LogP contribution in [0.15, 0.2) is 16.3 Å².